The molecular weight excluding hydrogens is 345 g/mol. The number of piperidine rings is 1. The summed E-state index contributed by atoms with van der Waals surface area (Å²) in [6, 6.07) is 6.55. The summed E-state index contributed by atoms with van der Waals surface area (Å²) in [6.07, 6.45) is 4.85. The molecule has 1 atom stereocenters. The van der Waals surface area contributed by atoms with Crippen LogP contribution in [0.5, 0.6) is 0 Å². The minimum atomic E-state index is -0.375. The van der Waals surface area contributed by atoms with E-state index in [1.807, 2.05) is 0 Å². The van der Waals surface area contributed by atoms with Gasteiger partial charge in [0.15, 0.2) is 5.43 Å². The lowest BCUT2D eigenvalue weighted by Gasteiger charge is -2.37. The first-order chi connectivity index (χ1) is 13.2. The summed E-state index contributed by atoms with van der Waals surface area (Å²) in [5, 5.41) is 0.418. The average molecular weight is 373 g/mol. The van der Waals surface area contributed by atoms with Crippen LogP contribution in [0.4, 0.5) is 4.39 Å². The first-order valence-corrected chi connectivity index (χ1v) is 10.0. The number of halogens is 1. The number of rotatable bonds is 5. The molecule has 1 aromatic carbocycles. The van der Waals surface area contributed by atoms with Gasteiger partial charge in [-0.15, -0.1) is 0 Å². The fourth-order valence-electron chi connectivity index (χ4n) is 4.33. The number of fused-ring (bicyclic) bond motifs is 1. The second kappa shape index (κ2) is 8.50. The number of morpholine rings is 1. The van der Waals surface area contributed by atoms with Crippen molar-refractivity contribution in [1.82, 2.24) is 14.8 Å². The molecule has 1 unspecified atom stereocenters. The lowest BCUT2D eigenvalue weighted by Crippen LogP contribution is -2.43. The molecule has 0 bridgehead atoms. The van der Waals surface area contributed by atoms with Gasteiger partial charge in [-0.2, -0.15) is 0 Å². The number of aromatic nitrogens is 1. The molecule has 1 N–H and O–H groups in total. The van der Waals surface area contributed by atoms with Crippen molar-refractivity contribution in [2.24, 2.45) is 0 Å². The molecule has 5 nitrogen and oxygen atoms in total. The van der Waals surface area contributed by atoms with Crippen LogP contribution in [-0.4, -0.2) is 60.2 Å². The van der Waals surface area contributed by atoms with E-state index in [0.29, 0.717) is 16.9 Å². The fraction of sp³-hybridized carbons (Fsp3) is 0.571. The molecule has 0 spiro atoms. The first-order valence-electron chi connectivity index (χ1n) is 10.0. The van der Waals surface area contributed by atoms with Gasteiger partial charge in [0, 0.05) is 48.3 Å². The molecule has 0 radical (unpaired) electrons. The molecule has 2 aliphatic rings. The predicted molar refractivity (Wildman–Crippen MR) is 104 cm³/mol. The molecule has 2 fully saturated rings. The molecule has 146 valence electrons. The quantitative estimate of drug-likeness (QED) is 0.876. The summed E-state index contributed by atoms with van der Waals surface area (Å²) in [4.78, 5) is 20.7. The van der Waals surface area contributed by atoms with E-state index in [-0.39, 0.29) is 11.2 Å². The van der Waals surface area contributed by atoms with Gasteiger partial charge >= 0.3 is 0 Å². The summed E-state index contributed by atoms with van der Waals surface area (Å²) >= 11 is 0. The summed E-state index contributed by atoms with van der Waals surface area (Å²) in [5.74, 6) is -0.375. The van der Waals surface area contributed by atoms with Gasteiger partial charge in [-0.05, 0) is 50.6 Å². The van der Waals surface area contributed by atoms with E-state index in [4.69, 9.17) is 4.74 Å². The maximum absolute atomic E-state index is 13.4. The smallest absolute Gasteiger partial charge is 0.189 e. The summed E-state index contributed by atoms with van der Waals surface area (Å²) < 4.78 is 18.8. The molecule has 2 saturated heterocycles. The van der Waals surface area contributed by atoms with Gasteiger partial charge < -0.3 is 9.72 Å². The Morgan fingerprint density at radius 2 is 2.00 bits per heavy atom. The SMILES string of the molecule is O=c1cc(CN2CCCCC2CCN2CCOCC2)[nH]c2ccc(F)cc12. The van der Waals surface area contributed by atoms with Crippen molar-refractivity contribution in [2.75, 3.05) is 39.4 Å². The minimum Gasteiger partial charge on any atom is -0.379 e. The minimum absolute atomic E-state index is 0.111. The Bertz CT molecular complexity index is 832. The molecule has 1 aromatic heterocycles. The Hall–Kier alpha value is -1.76. The van der Waals surface area contributed by atoms with E-state index in [2.05, 4.69) is 14.8 Å². The number of hydrogen-bond donors (Lipinski definition) is 1. The van der Waals surface area contributed by atoms with Crippen molar-refractivity contribution in [1.29, 1.82) is 0 Å². The lowest BCUT2D eigenvalue weighted by molar-refractivity contribution is 0.0301. The standard InChI is InChI=1S/C21H28FN3O2/c22-16-4-5-20-19(13-16)21(26)14-17(23-20)15-25-7-2-1-3-18(25)6-8-24-9-11-27-12-10-24/h4-5,13-14,18H,1-3,6-12,15H2,(H,23,26). The second-order valence-electron chi connectivity index (χ2n) is 7.71. The Labute approximate surface area is 159 Å². The fourth-order valence-corrected chi connectivity index (χ4v) is 4.33. The van der Waals surface area contributed by atoms with E-state index in [1.54, 1.807) is 12.1 Å². The van der Waals surface area contributed by atoms with Crippen LogP contribution in [0.3, 0.4) is 0 Å². The molecule has 0 aliphatic carbocycles. The molecule has 3 heterocycles. The van der Waals surface area contributed by atoms with Crippen LogP contribution in [-0.2, 0) is 11.3 Å². The van der Waals surface area contributed by atoms with Gasteiger partial charge in [-0.1, -0.05) is 6.42 Å². The topological polar surface area (TPSA) is 48.6 Å². The Morgan fingerprint density at radius 1 is 1.15 bits per heavy atom. The molecule has 2 aromatic rings. The van der Waals surface area contributed by atoms with Crippen molar-refractivity contribution in [2.45, 2.75) is 38.3 Å². The predicted octanol–water partition coefficient (Wildman–Crippen LogP) is 2.74. The van der Waals surface area contributed by atoms with Gasteiger partial charge in [0.1, 0.15) is 5.82 Å². The maximum Gasteiger partial charge on any atom is 0.189 e. The number of H-pyrrole nitrogens is 1. The van der Waals surface area contributed by atoms with E-state index in [0.717, 1.165) is 58.1 Å². The normalized spacial score (nSPS) is 22.3. The van der Waals surface area contributed by atoms with Gasteiger partial charge in [0.25, 0.3) is 0 Å². The van der Waals surface area contributed by atoms with Crippen molar-refractivity contribution < 1.29 is 9.13 Å². The highest BCUT2D eigenvalue weighted by molar-refractivity contribution is 5.78. The Kier molecular flexibility index (Phi) is 5.86. The molecule has 27 heavy (non-hydrogen) atoms. The summed E-state index contributed by atoms with van der Waals surface area (Å²) in [7, 11) is 0. The maximum atomic E-state index is 13.4. The van der Waals surface area contributed by atoms with Crippen LogP contribution in [0.15, 0.2) is 29.1 Å². The summed E-state index contributed by atoms with van der Waals surface area (Å²) in [5.41, 5.74) is 1.51. The van der Waals surface area contributed by atoms with E-state index in [9.17, 15) is 9.18 Å². The van der Waals surface area contributed by atoms with Crippen LogP contribution in [0.2, 0.25) is 0 Å². The Morgan fingerprint density at radius 3 is 2.85 bits per heavy atom. The van der Waals surface area contributed by atoms with Gasteiger partial charge in [-0.3, -0.25) is 14.6 Å². The van der Waals surface area contributed by atoms with Crippen LogP contribution in [0, 0.1) is 5.82 Å². The van der Waals surface area contributed by atoms with E-state index >= 15 is 0 Å². The zero-order valence-corrected chi connectivity index (χ0v) is 15.8. The van der Waals surface area contributed by atoms with Crippen LogP contribution >= 0.6 is 0 Å². The average Bonchev–Trinajstić information content (AvgIpc) is 2.69. The van der Waals surface area contributed by atoms with Gasteiger partial charge in [0.2, 0.25) is 0 Å². The molecule has 4 rings (SSSR count). The third-order valence-corrected chi connectivity index (χ3v) is 5.85. The molecule has 6 heteroatoms. The molecule has 2 aliphatic heterocycles. The highest BCUT2D eigenvalue weighted by Gasteiger charge is 2.24. The highest BCUT2D eigenvalue weighted by Crippen LogP contribution is 2.22. The highest BCUT2D eigenvalue weighted by atomic mass is 19.1. The third-order valence-electron chi connectivity index (χ3n) is 5.85. The lowest BCUT2D eigenvalue weighted by atomic mass is 9.98. The van der Waals surface area contributed by atoms with Crippen molar-refractivity contribution in [3.63, 3.8) is 0 Å². The zero-order chi connectivity index (χ0) is 18.6. The van der Waals surface area contributed by atoms with E-state index in [1.165, 1.54) is 31.4 Å². The monoisotopic (exact) mass is 373 g/mol. The van der Waals surface area contributed by atoms with Crippen LogP contribution in [0.1, 0.15) is 31.4 Å². The molecule has 0 saturated carbocycles. The Balaban J connectivity index is 1.45. The number of nitrogens with one attached hydrogen (secondary N) is 1. The zero-order valence-electron chi connectivity index (χ0n) is 15.8. The van der Waals surface area contributed by atoms with Gasteiger partial charge in [0.05, 0.1) is 13.2 Å². The van der Waals surface area contributed by atoms with Crippen molar-refractivity contribution in [3.8, 4) is 0 Å². The van der Waals surface area contributed by atoms with Gasteiger partial charge in [-0.25, -0.2) is 4.39 Å². The number of ether oxygens (including phenoxy) is 1. The molecule has 0 amide bonds. The van der Waals surface area contributed by atoms with Crippen LogP contribution < -0.4 is 5.43 Å². The largest absolute Gasteiger partial charge is 0.379 e. The molecular formula is C21H28FN3O2. The van der Waals surface area contributed by atoms with Crippen molar-refractivity contribution in [3.05, 3.63) is 46.0 Å². The first kappa shape index (κ1) is 18.6. The number of hydrogen-bond acceptors (Lipinski definition) is 4. The van der Waals surface area contributed by atoms with E-state index < -0.39 is 0 Å². The number of aromatic amines is 1. The van der Waals surface area contributed by atoms with Crippen molar-refractivity contribution >= 4 is 10.9 Å². The number of pyridine rings is 1. The number of benzene rings is 1. The third kappa shape index (κ3) is 4.57. The summed E-state index contributed by atoms with van der Waals surface area (Å²) in [6.45, 7) is 6.66. The van der Waals surface area contributed by atoms with Crippen LogP contribution in [0.25, 0.3) is 10.9 Å². The second-order valence-corrected chi connectivity index (χ2v) is 7.71. The number of likely N-dealkylation sites (tertiary alicyclic amines) is 1. The number of nitrogens with zero attached hydrogens (tertiary/aromatic N) is 2.